The van der Waals surface area contributed by atoms with Crippen LogP contribution < -0.4 is 0 Å². The third-order valence-corrected chi connectivity index (χ3v) is 27.1. The van der Waals surface area contributed by atoms with E-state index in [1.807, 2.05) is 73.6 Å². The number of aromatic nitrogens is 10. The molecule has 10 heteroatoms. The molecular formula is C124H188N10. The molecule has 10 aromatic rings. The number of hydrogen-bond donors (Lipinski definition) is 0. The molecule has 0 aromatic carbocycles. The molecule has 0 N–H and O–H groups in total. The second-order valence-corrected chi connectivity index (χ2v) is 40.7. The van der Waals surface area contributed by atoms with Crippen molar-refractivity contribution in [3.05, 3.63) is 240 Å². The minimum absolute atomic E-state index is 0.124. The highest BCUT2D eigenvalue weighted by Gasteiger charge is 2.23. The summed E-state index contributed by atoms with van der Waals surface area (Å²) >= 11 is 0. The molecular weight excluding hydrogens is 1630 g/mol. The van der Waals surface area contributed by atoms with Gasteiger partial charge in [0.25, 0.3) is 0 Å². The molecule has 0 saturated carbocycles. The molecule has 10 aromatic heterocycles. The van der Waals surface area contributed by atoms with Gasteiger partial charge in [-0.2, -0.15) is 0 Å². The molecule has 0 amide bonds. The Hall–Kier alpha value is -8.50. The second kappa shape index (κ2) is 70.2. The van der Waals surface area contributed by atoms with Crippen LogP contribution in [0.4, 0.5) is 0 Å². The number of rotatable bonds is 60. The summed E-state index contributed by atoms with van der Waals surface area (Å²) in [6.07, 6.45) is 85.6. The van der Waals surface area contributed by atoms with E-state index in [4.69, 9.17) is 19.9 Å². The van der Waals surface area contributed by atoms with Gasteiger partial charge in [0, 0.05) is 62.0 Å². The molecule has 0 spiro atoms. The van der Waals surface area contributed by atoms with Crippen molar-refractivity contribution >= 4 is 0 Å². The van der Waals surface area contributed by atoms with Crippen LogP contribution in [-0.2, 0) is 17.3 Å². The summed E-state index contributed by atoms with van der Waals surface area (Å²) in [5, 5.41) is 0. The number of nitrogens with zero attached hydrogens (tertiary/aromatic N) is 10. The average Bonchev–Trinajstić information content (AvgIpc) is 1.06. The van der Waals surface area contributed by atoms with Crippen LogP contribution in [0.15, 0.2) is 195 Å². The standard InChI is InChI=1S/C44H76N2.C28H44N2.C24H36N2.C18H24N2.C10H8N2/c1-5-9-13-17-21-25-29-39(30-26-22-18-14-10-6-2)41-33-35-45-43(37-41)44-38-42(34-36-46-44)40(31-27-23-19-15-11-7-3)32-28-24-20-16-12-8-4;1-5-9-13-23(14-10-6-2)25-17-19-29-27(21-25)28-22-26(18-20-30-28)24(15-11-7-3)16-12-8-4;1-4-7-10-11-20-14-16-25-23(18-20)24-19-22(15-17-26-24)21(12-8-5-2)13-9-6-3;1-17(2,3)13-7-9-19-15(11-13)16-12-14(8-10-20-16)18(4,5)6;1-3-7-11-9(5-1)10-6-2-4-8-12-10/h33-40H,5-32H2,1-4H3;17-24H,5-16H2,1-4H3;14-19,21H,4-13H2,1-3H3;7-12H,1-6H3;1-8H. The van der Waals surface area contributed by atoms with Gasteiger partial charge in [0.05, 0.1) is 56.9 Å². The summed E-state index contributed by atoms with van der Waals surface area (Å²) in [5.41, 5.74) is 21.5. The normalized spacial score (nSPS) is 11.5. The van der Waals surface area contributed by atoms with E-state index in [1.54, 1.807) is 12.4 Å². The second-order valence-electron chi connectivity index (χ2n) is 40.7. The highest BCUT2D eigenvalue weighted by Crippen LogP contribution is 2.38. The minimum atomic E-state index is 0.124. The van der Waals surface area contributed by atoms with Gasteiger partial charge in [-0.25, -0.2) is 0 Å². The van der Waals surface area contributed by atoms with Crippen molar-refractivity contribution in [3.63, 3.8) is 0 Å². The lowest BCUT2D eigenvalue weighted by Crippen LogP contribution is -2.12. The van der Waals surface area contributed by atoms with E-state index >= 15 is 0 Å². The summed E-state index contributed by atoms with van der Waals surface area (Å²) in [6, 6.07) is 47.5. The Balaban J connectivity index is 0.000000273. The lowest BCUT2D eigenvalue weighted by atomic mass is 9.86. The van der Waals surface area contributed by atoms with Crippen LogP contribution in [-0.4, -0.2) is 49.8 Å². The molecule has 734 valence electrons. The Labute approximate surface area is 820 Å². The monoisotopic (exact) mass is 1820 g/mol. The molecule has 134 heavy (non-hydrogen) atoms. The van der Waals surface area contributed by atoms with E-state index < -0.39 is 0 Å². The fourth-order valence-electron chi connectivity index (χ4n) is 18.4. The maximum atomic E-state index is 4.90. The minimum Gasteiger partial charge on any atom is -0.255 e. The first-order chi connectivity index (χ1) is 65.4. The highest BCUT2D eigenvalue weighted by molar-refractivity contribution is 5.60. The van der Waals surface area contributed by atoms with Gasteiger partial charge in [0.2, 0.25) is 0 Å². The lowest BCUT2D eigenvalue weighted by molar-refractivity contribution is 0.486. The summed E-state index contributed by atoms with van der Waals surface area (Å²) < 4.78 is 0. The molecule has 10 nitrogen and oxygen atoms in total. The molecule has 0 saturated heterocycles. The molecule has 0 aliphatic rings. The Bertz CT molecular complexity index is 4270. The molecule has 0 aliphatic carbocycles. The third-order valence-electron chi connectivity index (χ3n) is 27.1. The molecule has 0 fully saturated rings. The van der Waals surface area contributed by atoms with Crippen LogP contribution in [0.25, 0.3) is 56.9 Å². The zero-order valence-corrected chi connectivity index (χ0v) is 88.2. The molecule has 10 rings (SSSR count). The van der Waals surface area contributed by atoms with Gasteiger partial charge in [-0.15, -0.1) is 0 Å². The van der Waals surface area contributed by atoms with E-state index in [9.17, 15) is 0 Å². The van der Waals surface area contributed by atoms with E-state index in [0.29, 0.717) is 29.6 Å². The first-order valence-corrected chi connectivity index (χ1v) is 54.9. The van der Waals surface area contributed by atoms with Crippen LogP contribution in [0.3, 0.4) is 0 Å². The summed E-state index contributed by atoms with van der Waals surface area (Å²) in [4.78, 5) is 45.8. The summed E-state index contributed by atoms with van der Waals surface area (Å²) in [7, 11) is 0. The van der Waals surface area contributed by atoms with Gasteiger partial charge in [-0.05, 0) is 283 Å². The van der Waals surface area contributed by atoms with Crippen molar-refractivity contribution in [1.82, 2.24) is 49.8 Å². The number of unbranched alkanes of at least 4 members (excludes halogenated alkanes) is 28. The van der Waals surface area contributed by atoms with E-state index in [0.717, 1.165) is 63.4 Å². The quantitative estimate of drug-likeness (QED) is 0.0340. The van der Waals surface area contributed by atoms with Crippen LogP contribution in [0, 0.1) is 0 Å². The Morgan fingerprint density at radius 3 is 0.619 bits per heavy atom. The molecule has 0 bridgehead atoms. The smallest absolute Gasteiger partial charge is 0.0889 e. The average molecular weight is 1820 g/mol. The van der Waals surface area contributed by atoms with Gasteiger partial charge < -0.3 is 0 Å². The lowest BCUT2D eigenvalue weighted by Gasteiger charge is -2.21. The van der Waals surface area contributed by atoms with Crippen molar-refractivity contribution in [2.24, 2.45) is 0 Å². The van der Waals surface area contributed by atoms with Crippen LogP contribution in [0.1, 0.15) is 506 Å². The molecule has 0 radical (unpaired) electrons. The summed E-state index contributed by atoms with van der Waals surface area (Å²) in [6.45, 7) is 38.5. The number of hydrogen-bond acceptors (Lipinski definition) is 10. The largest absolute Gasteiger partial charge is 0.255 e. The van der Waals surface area contributed by atoms with Crippen LogP contribution >= 0.6 is 0 Å². The maximum absolute atomic E-state index is 4.90. The van der Waals surface area contributed by atoms with E-state index in [2.05, 4.69) is 257 Å². The first-order valence-electron chi connectivity index (χ1n) is 54.9. The topological polar surface area (TPSA) is 129 Å². The van der Waals surface area contributed by atoms with Gasteiger partial charge in [-0.3, -0.25) is 49.8 Å². The van der Waals surface area contributed by atoms with Gasteiger partial charge in [0.1, 0.15) is 0 Å². The molecule has 0 aliphatic heterocycles. The maximum Gasteiger partial charge on any atom is 0.0889 e. The van der Waals surface area contributed by atoms with Crippen LogP contribution in [0.5, 0.6) is 0 Å². The fraction of sp³-hybridized carbons (Fsp3) is 0.597. The molecule has 0 atom stereocenters. The van der Waals surface area contributed by atoms with Crippen molar-refractivity contribution in [2.75, 3.05) is 0 Å². The van der Waals surface area contributed by atoms with E-state index in [1.165, 1.54) is 359 Å². The van der Waals surface area contributed by atoms with Gasteiger partial charge >= 0.3 is 0 Å². The van der Waals surface area contributed by atoms with Gasteiger partial charge in [0.15, 0.2) is 0 Å². The van der Waals surface area contributed by atoms with Crippen molar-refractivity contribution in [2.45, 2.75) is 479 Å². The zero-order chi connectivity index (χ0) is 96.3. The molecule has 10 heterocycles. The first kappa shape index (κ1) is 114. The number of aryl methyl sites for hydroxylation is 1. The Morgan fingerprint density at radius 2 is 0.381 bits per heavy atom. The van der Waals surface area contributed by atoms with Crippen molar-refractivity contribution < 1.29 is 0 Å². The van der Waals surface area contributed by atoms with E-state index in [-0.39, 0.29) is 10.8 Å². The Kier molecular flexibility index (Phi) is 59.8. The van der Waals surface area contributed by atoms with Gasteiger partial charge in [-0.1, -0.05) is 374 Å². The predicted octanol–water partition coefficient (Wildman–Crippen LogP) is 38.6. The Morgan fingerprint density at radius 1 is 0.179 bits per heavy atom. The van der Waals surface area contributed by atoms with Crippen molar-refractivity contribution in [3.8, 4) is 56.9 Å². The SMILES string of the molecule is CC(C)(C)c1ccnc(-c2cc(C(C)(C)C)ccn2)c1.CCCCC(CCCC)c1ccnc(-c2cc(C(CCCC)CCCC)ccn2)c1.CCCCCCCCC(CCCCCCCC)c1ccnc(-c2cc(C(CCCCCCCC)CCCCCCCC)ccn2)c1.CCCCCc1ccnc(-c2cc(C(CCCC)CCCC)ccn2)c1.c1ccc(-c2ccccn2)nc1. The summed E-state index contributed by atoms with van der Waals surface area (Å²) in [5.74, 6) is 3.25. The zero-order valence-electron chi connectivity index (χ0n) is 88.2. The highest BCUT2D eigenvalue weighted by atomic mass is 14.8. The third kappa shape index (κ3) is 46.1. The number of pyridine rings is 10. The van der Waals surface area contributed by atoms with Crippen LogP contribution in [0.2, 0.25) is 0 Å². The molecule has 0 unspecified atom stereocenters. The fourth-order valence-corrected chi connectivity index (χ4v) is 18.4. The predicted molar refractivity (Wildman–Crippen MR) is 581 cm³/mol. The van der Waals surface area contributed by atoms with Crippen molar-refractivity contribution in [1.29, 1.82) is 0 Å².